The van der Waals surface area contributed by atoms with Crippen LogP contribution < -0.4 is 5.59 Å². The maximum atomic E-state index is 12.2. The van der Waals surface area contributed by atoms with Crippen LogP contribution in [0.4, 0.5) is 0 Å². The molecule has 19 heavy (non-hydrogen) atoms. The molecule has 0 spiro atoms. The second-order valence-corrected chi connectivity index (χ2v) is 4.09. The molecular formula is C15H12N2O2. The molecule has 1 N–H and O–H groups in total. The lowest BCUT2D eigenvalue weighted by molar-refractivity contribution is 0.0346. The number of amides is 1. The van der Waals surface area contributed by atoms with Gasteiger partial charge in [-0.25, -0.2) is 5.01 Å². The Morgan fingerprint density at radius 2 is 1.58 bits per heavy atom. The summed E-state index contributed by atoms with van der Waals surface area (Å²) in [6.45, 7) is 0. The van der Waals surface area contributed by atoms with E-state index in [0.717, 1.165) is 5.56 Å². The van der Waals surface area contributed by atoms with E-state index in [0.29, 0.717) is 11.3 Å². The third-order valence-corrected chi connectivity index (χ3v) is 2.80. The van der Waals surface area contributed by atoms with E-state index >= 15 is 0 Å². The van der Waals surface area contributed by atoms with Crippen molar-refractivity contribution >= 4 is 11.7 Å². The number of carbonyl (C=O) groups is 1. The van der Waals surface area contributed by atoms with Crippen molar-refractivity contribution in [2.24, 2.45) is 0 Å². The molecular weight excluding hydrogens is 240 g/mol. The van der Waals surface area contributed by atoms with Gasteiger partial charge in [0.15, 0.2) is 5.76 Å². The zero-order chi connectivity index (χ0) is 13.1. The van der Waals surface area contributed by atoms with E-state index in [4.69, 9.17) is 4.84 Å². The normalized spacial score (nSPS) is 13.9. The highest BCUT2D eigenvalue weighted by atomic mass is 16.7. The topological polar surface area (TPSA) is 41.6 Å². The van der Waals surface area contributed by atoms with E-state index in [-0.39, 0.29) is 5.91 Å². The molecule has 0 fully saturated rings. The Labute approximate surface area is 110 Å². The van der Waals surface area contributed by atoms with Gasteiger partial charge in [-0.3, -0.25) is 4.79 Å². The molecule has 1 aliphatic heterocycles. The molecule has 94 valence electrons. The summed E-state index contributed by atoms with van der Waals surface area (Å²) in [5.74, 6) is 0.455. The van der Waals surface area contributed by atoms with Crippen LogP contribution >= 0.6 is 0 Å². The van der Waals surface area contributed by atoms with E-state index in [9.17, 15) is 4.79 Å². The lowest BCUT2D eigenvalue weighted by Gasteiger charge is -2.11. The fourth-order valence-corrected chi connectivity index (χ4v) is 1.82. The van der Waals surface area contributed by atoms with Gasteiger partial charge in [0.05, 0.1) is 6.20 Å². The smallest absolute Gasteiger partial charge is 0.274 e. The number of nitrogens with zero attached hydrogens (tertiary/aromatic N) is 1. The Hall–Kier alpha value is -2.59. The Kier molecular flexibility index (Phi) is 3.00. The van der Waals surface area contributed by atoms with Crippen molar-refractivity contribution in [2.45, 2.75) is 0 Å². The Morgan fingerprint density at radius 3 is 2.26 bits per heavy atom. The van der Waals surface area contributed by atoms with Gasteiger partial charge in [-0.15, -0.1) is 0 Å². The molecule has 0 aromatic heterocycles. The first-order chi connectivity index (χ1) is 9.34. The minimum Gasteiger partial charge on any atom is -0.386 e. The van der Waals surface area contributed by atoms with Crippen LogP contribution in [0, 0.1) is 0 Å². The first-order valence-corrected chi connectivity index (χ1v) is 5.93. The summed E-state index contributed by atoms with van der Waals surface area (Å²) < 4.78 is 0. The summed E-state index contributed by atoms with van der Waals surface area (Å²) in [5.41, 5.74) is 4.11. The molecule has 0 saturated carbocycles. The van der Waals surface area contributed by atoms with Crippen LogP contribution in [0.15, 0.2) is 66.9 Å². The monoisotopic (exact) mass is 252 g/mol. The van der Waals surface area contributed by atoms with Gasteiger partial charge >= 0.3 is 0 Å². The Morgan fingerprint density at radius 1 is 0.947 bits per heavy atom. The molecule has 4 heteroatoms. The van der Waals surface area contributed by atoms with Crippen LogP contribution in [0.1, 0.15) is 15.9 Å². The average Bonchev–Trinajstić information content (AvgIpc) is 2.98. The van der Waals surface area contributed by atoms with Crippen molar-refractivity contribution in [3.8, 4) is 0 Å². The number of nitrogens with one attached hydrogen (secondary N) is 1. The second kappa shape index (κ2) is 4.96. The minimum absolute atomic E-state index is 0.161. The van der Waals surface area contributed by atoms with Crippen LogP contribution in [-0.2, 0) is 4.84 Å². The summed E-state index contributed by atoms with van der Waals surface area (Å²) in [6, 6.07) is 18.7. The molecule has 1 aliphatic rings. The molecule has 4 nitrogen and oxygen atoms in total. The maximum absolute atomic E-state index is 12.2. The van der Waals surface area contributed by atoms with Gasteiger partial charge in [0, 0.05) is 11.1 Å². The summed E-state index contributed by atoms with van der Waals surface area (Å²) in [6.07, 6.45) is 1.64. The molecule has 0 atom stereocenters. The van der Waals surface area contributed by atoms with Crippen molar-refractivity contribution in [1.29, 1.82) is 0 Å². The maximum Gasteiger partial charge on any atom is 0.274 e. The molecule has 0 bridgehead atoms. The highest BCUT2D eigenvalue weighted by molar-refractivity contribution is 5.95. The van der Waals surface area contributed by atoms with Crippen LogP contribution in [0.5, 0.6) is 0 Å². The minimum atomic E-state index is -0.161. The fourth-order valence-electron chi connectivity index (χ4n) is 1.82. The number of rotatable bonds is 2. The molecule has 3 rings (SSSR count). The first-order valence-electron chi connectivity index (χ1n) is 5.93. The van der Waals surface area contributed by atoms with Crippen molar-refractivity contribution < 1.29 is 9.63 Å². The lowest BCUT2D eigenvalue weighted by atomic mass is 10.2. The average molecular weight is 252 g/mol. The highest BCUT2D eigenvalue weighted by Gasteiger charge is 2.21. The number of benzene rings is 2. The van der Waals surface area contributed by atoms with Crippen LogP contribution in [0.25, 0.3) is 5.76 Å². The van der Waals surface area contributed by atoms with Gasteiger partial charge in [0.2, 0.25) is 0 Å². The summed E-state index contributed by atoms with van der Waals surface area (Å²) in [7, 11) is 0. The third-order valence-electron chi connectivity index (χ3n) is 2.80. The number of hydrazine groups is 1. The van der Waals surface area contributed by atoms with E-state index < -0.39 is 0 Å². The van der Waals surface area contributed by atoms with Gasteiger partial charge in [-0.05, 0) is 12.1 Å². The van der Waals surface area contributed by atoms with Crippen LogP contribution in [0.2, 0.25) is 0 Å². The van der Waals surface area contributed by atoms with Gasteiger partial charge < -0.3 is 4.84 Å². The van der Waals surface area contributed by atoms with E-state index in [2.05, 4.69) is 5.59 Å². The zero-order valence-electron chi connectivity index (χ0n) is 10.1. The van der Waals surface area contributed by atoms with Gasteiger partial charge in [-0.2, -0.15) is 0 Å². The van der Waals surface area contributed by atoms with E-state index in [1.54, 1.807) is 18.3 Å². The predicted octanol–water partition coefficient (Wildman–Crippen LogP) is 2.58. The van der Waals surface area contributed by atoms with Crippen molar-refractivity contribution in [3.63, 3.8) is 0 Å². The Balaban J connectivity index is 1.82. The van der Waals surface area contributed by atoms with Crippen LogP contribution in [0.3, 0.4) is 0 Å². The third kappa shape index (κ3) is 2.34. The number of hydrogen-bond donors (Lipinski definition) is 1. The molecule has 1 amide bonds. The van der Waals surface area contributed by atoms with Gasteiger partial charge in [0.25, 0.3) is 5.91 Å². The van der Waals surface area contributed by atoms with Crippen molar-refractivity contribution in [2.75, 3.05) is 0 Å². The zero-order valence-corrected chi connectivity index (χ0v) is 10.1. The molecule has 0 saturated heterocycles. The van der Waals surface area contributed by atoms with Crippen molar-refractivity contribution in [1.82, 2.24) is 10.6 Å². The van der Waals surface area contributed by atoms with E-state index in [1.807, 2.05) is 48.5 Å². The van der Waals surface area contributed by atoms with E-state index in [1.165, 1.54) is 5.01 Å². The molecule has 0 aliphatic carbocycles. The predicted molar refractivity (Wildman–Crippen MR) is 71.3 cm³/mol. The van der Waals surface area contributed by atoms with Gasteiger partial charge in [-0.1, -0.05) is 54.1 Å². The Bertz CT molecular complexity index is 609. The molecule has 1 heterocycles. The first kappa shape index (κ1) is 11.5. The standard InChI is InChI=1S/C15H12N2O2/c18-15(13-9-5-2-6-10-13)17-11-14(19-16-17)12-7-3-1-4-8-12/h1-11,16H. The second-order valence-electron chi connectivity index (χ2n) is 4.09. The summed E-state index contributed by atoms with van der Waals surface area (Å²) in [5, 5.41) is 1.33. The lowest BCUT2D eigenvalue weighted by Crippen LogP contribution is -2.33. The van der Waals surface area contributed by atoms with Crippen LogP contribution in [-0.4, -0.2) is 10.9 Å². The number of hydrogen-bond acceptors (Lipinski definition) is 3. The SMILES string of the molecule is O=C(c1ccccc1)N1C=C(c2ccccc2)ON1. The molecule has 0 radical (unpaired) electrons. The largest absolute Gasteiger partial charge is 0.386 e. The highest BCUT2D eigenvalue weighted by Crippen LogP contribution is 2.20. The quantitative estimate of drug-likeness (QED) is 0.893. The number of carbonyl (C=O) groups excluding carboxylic acids is 1. The van der Waals surface area contributed by atoms with Gasteiger partial charge in [0.1, 0.15) is 0 Å². The molecule has 2 aromatic carbocycles. The molecule has 2 aromatic rings. The fraction of sp³-hybridized carbons (Fsp3) is 0. The van der Waals surface area contributed by atoms with Crippen molar-refractivity contribution in [3.05, 3.63) is 78.0 Å². The summed E-state index contributed by atoms with van der Waals surface area (Å²) >= 11 is 0. The molecule has 0 unspecified atom stereocenters. The summed E-state index contributed by atoms with van der Waals surface area (Å²) in [4.78, 5) is 17.5.